The lowest BCUT2D eigenvalue weighted by atomic mass is 9.97. The van der Waals surface area contributed by atoms with E-state index in [1.165, 1.54) is 6.20 Å². The summed E-state index contributed by atoms with van der Waals surface area (Å²) in [4.78, 5) is 18.7. The molecule has 3 rings (SSSR count). The SMILES string of the molecule is O=C(Nc1ccccc1N1CCC(CO)CC1)c1ccc(Cl)cn1. The van der Waals surface area contributed by atoms with Gasteiger partial charge < -0.3 is 15.3 Å². The monoisotopic (exact) mass is 345 g/mol. The molecule has 6 heteroatoms. The van der Waals surface area contributed by atoms with Crippen LogP contribution < -0.4 is 10.2 Å². The maximum atomic E-state index is 12.4. The Bertz CT molecular complexity index is 698. The number of aliphatic hydroxyl groups excluding tert-OH is 1. The van der Waals surface area contributed by atoms with Gasteiger partial charge in [-0.1, -0.05) is 23.7 Å². The maximum absolute atomic E-state index is 12.4. The Kier molecular flexibility index (Phi) is 5.33. The topological polar surface area (TPSA) is 65.5 Å². The van der Waals surface area contributed by atoms with Crippen LogP contribution in [0, 0.1) is 5.92 Å². The average molecular weight is 346 g/mol. The predicted octanol–water partition coefficient (Wildman–Crippen LogP) is 3.20. The Morgan fingerprint density at radius 1 is 1.25 bits per heavy atom. The van der Waals surface area contributed by atoms with Crippen LogP contribution in [0.4, 0.5) is 11.4 Å². The molecule has 0 aliphatic carbocycles. The summed E-state index contributed by atoms with van der Waals surface area (Å²) in [5, 5.41) is 12.7. The first-order valence-corrected chi connectivity index (χ1v) is 8.43. The maximum Gasteiger partial charge on any atom is 0.274 e. The Balaban J connectivity index is 1.74. The minimum absolute atomic E-state index is 0.245. The molecule has 2 aromatic rings. The van der Waals surface area contributed by atoms with Crippen LogP contribution in [-0.4, -0.2) is 35.7 Å². The number of aliphatic hydroxyl groups is 1. The molecule has 5 nitrogen and oxygen atoms in total. The fraction of sp³-hybridized carbons (Fsp3) is 0.333. The molecule has 2 heterocycles. The number of halogens is 1. The molecule has 0 spiro atoms. The molecule has 24 heavy (non-hydrogen) atoms. The number of para-hydroxylation sites is 2. The van der Waals surface area contributed by atoms with Crippen LogP contribution >= 0.6 is 11.6 Å². The number of anilines is 2. The van der Waals surface area contributed by atoms with Crippen molar-refractivity contribution in [1.82, 2.24) is 4.98 Å². The van der Waals surface area contributed by atoms with Gasteiger partial charge in [0, 0.05) is 25.9 Å². The molecule has 0 bridgehead atoms. The molecule has 126 valence electrons. The third-order valence-corrected chi connectivity index (χ3v) is 4.55. The van der Waals surface area contributed by atoms with Gasteiger partial charge >= 0.3 is 0 Å². The van der Waals surface area contributed by atoms with Gasteiger partial charge in [0.25, 0.3) is 5.91 Å². The standard InChI is InChI=1S/C18H20ClN3O2/c19-14-5-6-16(20-11-14)18(24)21-15-3-1-2-4-17(15)22-9-7-13(12-23)8-10-22/h1-6,11,13,23H,7-10,12H2,(H,21,24). The largest absolute Gasteiger partial charge is 0.396 e. The minimum Gasteiger partial charge on any atom is -0.396 e. The van der Waals surface area contributed by atoms with Crippen molar-refractivity contribution in [1.29, 1.82) is 0 Å². The minimum atomic E-state index is -0.260. The van der Waals surface area contributed by atoms with Crippen LogP contribution in [0.5, 0.6) is 0 Å². The fourth-order valence-electron chi connectivity index (χ4n) is 2.91. The lowest BCUT2D eigenvalue weighted by Gasteiger charge is -2.34. The number of piperidine rings is 1. The lowest BCUT2D eigenvalue weighted by molar-refractivity contribution is 0.102. The third kappa shape index (κ3) is 3.86. The number of nitrogens with zero attached hydrogens (tertiary/aromatic N) is 2. The molecular weight excluding hydrogens is 326 g/mol. The number of nitrogens with one attached hydrogen (secondary N) is 1. The van der Waals surface area contributed by atoms with Crippen molar-refractivity contribution < 1.29 is 9.90 Å². The number of pyridine rings is 1. The summed E-state index contributed by atoms with van der Waals surface area (Å²) >= 11 is 5.81. The first kappa shape index (κ1) is 16.7. The highest BCUT2D eigenvalue weighted by molar-refractivity contribution is 6.30. The van der Waals surface area contributed by atoms with E-state index in [-0.39, 0.29) is 12.5 Å². The van der Waals surface area contributed by atoms with E-state index in [1.807, 2.05) is 24.3 Å². The Labute approximate surface area is 146 Å². The molecule has 1 aliphatic heterocycles. The number of amides is 1. The number of rotatable bonds is 4. The van der Waals surface area contributed by atoms with Crippen molar-refractivity contribution in [3.05, 3.63) is 53.3 Å². The van der Waals surface area contributed by atoms with Crippen molar-refractivity contribution in [2.75, 3.05) is 29.9 Å². The second kappa shape index (κ2) is 7.64. The summed E-state index contributed by atoms with van der Waals surface area (Å²) in [6.45, 7) is 1.99. The number of carbonyl (C=O) groups excluding carboxylic acids is 1. The average Bonchev–Trinajstić information content (AvgIpc) is 2.63. The number of carbonyl (C=O) groups is 1. The van der Waals surface area contributed by atoms with Gasteiger partial charge in [-0.05, 0) is 43.0 Å². The first-order chi connectivity index (χ1) is 11.7. The Morgan fingerprint density at radius 2 is 2.00 bits per heavy atom. The molecule has 0 atom stereocenters. The van der Waals surface area contributed by atoms with Crippen LogP contribution in [0.15, 0.2) is 42.6 Å². The highest BCUT2D eigenvalue weighted by Gasteiger charge is 2.21. The Morgan fingerprint density at radius 3 is 2.67 bits per heavy atom. The number of benzene rings is 1. The van der Waals surface area contributed by atoms with Crippen molar-refractivity contribution in [2.24, 2.45) is 5.92 Å². The number of hydrogen-bond acceptors (Lipinski definition) is 4. The van der Waals surface area contributed by atoms with Crippen molar-refractivity contribution in [2.45, 2.75) is 12.8 Å². The predicted molar refractivity (Wildman–Crippen MR) is 95.7 cm³/mol. The van der Waals surface area contributed by atoms with Crippen molar-refractivity contribution in [3.63, 3.8) is 0 Å². The molecule has 1 aromatic carbocycles. The van der Waals surface area contributed by atoms with E-state index in [0.717, 1.165) is 37.3 Å². The van der Waals surface area contributed by atoms with E-state index in [9.17, 15) is 9.90 Å². The molecule has 1 aromatic heterocycles. The smallest absolute Gasteiger partial charge is 0.274 e. The second-order valence-corrected chi connectivity index (χ2v) is 6.38. The van der Waals surface area contributed by atoms with Crippen molar-refractivity contribution >= 4 is 28.9 Å². The summed E-state index contributed by atoms with van der Waals surface area (Å²) in [6.07, 6.45) is 3.37. The molecule has 2 N–H and O–H groups in total. The van der Waals surface area contributed by atoms with Gasteiger partial charge in [-0.25, -0.2) is 4.98 Å². The zero-order valence-corrected chi connectivity index (χ0v) is 14.0. The summed E-state index contributed by atoms with van der Waals surface area (Å²) in [7, 11) is 0. The molecule has 0 unspecified atom stereocenters. The van der Waals surface area contributed by atoms with Gasteiger partial charge in [0.2, 0.25) is 0 Å². The van der Waals surface area contributed by atoms with Crippen LogP contribution in [0.1, 0.15) is 23.3 Å². The van der Waals surface area contributed by atoms with E-state index in [2.05, 4.69) is 15.2 Å². The molecular formula is C18H20ClN3O2. The van der Waals surface area contributed by atoms with Crippen LogP contribution in [-0.2, 0) is 0 Å². The highest BCUT2D eigenvalue weighted by Crippen LogP contribution is 2.30. The molecule has 1 saturated heterocycles. The summed E-state index contributed by atoms with van der Waals surface area (Å²) in [6, 6.07) is 11.0. The number of aromatic nitrogens is 1. The summed E-state index contributed by atoms with van der Waals surface area (Å²) in [5.41, 5.74) is 2.09. The van der Waals surface area contributed by atoms with Crippen LogP contribution in [0.2, 0.25) is 5.02 Å². The summed E-state index contributed by atoms with van der Waals surface area (Å²) < 4.78 is 0. The van der Waals surface area contributed by atoms with Gasteiger partial charge in [-0.2, -0.15) is 0 Å². The van der Waals surface area contributed by atoms with Crippen molar-refractivity contribution in [3.8, 4) is 0 Å². The molecule has 1 fully saturated rings. The van der Waals surface area contributed by atoms with E-state index in [1.54, 1.807) is 12.1 Å². The molecule has 1 aliphatic rings. The van der Waals surface area contributed by atoms with E-state index in [0.29, 0.717) is 16.6 Å². The van der Waals surface area contributed by atoms with Crippen LogP contribution in [0.3, 0.4) is 0 Å². The first-order valence-electron chi connectivity index (χ1n) is 8.05. The van der Waals surface area contributed by atoms with Gasteiger partial charge in [0.1, 0.15) is 5.69 Å². The highest BCUT2D eigenvalue weighted by atomic mass is 35.5. The fourth-order valence-corrected chi connectivity index (χ4v) is 3.02. The molecule has 0 saturated carbocycles. The zero-order valence-electron chi connectivity index (χ0n) is 13.3. The molecule has 1 amide bonds. The van der Waals surface area contributed by atoms with Gasteiger partial charge in [-0.15, -0.1) is 0 Å². The third-order valence-electron chi connectivity index (χ3n) is 4.33. The second-order valence-electron chi connectivity index (χ2n) is 5.95. The normalized spacial score (nSPS) is 15.3. The summed E-state index contributed by atoms with van der Waals surface area (Å²) in [5.74, 6) is 0.116. The Hall–Kier alpha value is -2.11. The van der Waals surface area contributed by atoms with Gasteiger partial charge in [0.15, 0.2) is 0 Å². The van der Waals surface area contributed by atoms with Gasteiger partial charge in [-0.3, -0.25) is 4.79 Å². The molecule has 0 radical (unpaired) electrons. The number of hydrogen-bond donors (Lipinski definition) is 2. The zero-order chi connectivity index (χ0) is 16.9. The van der Waals surface area contributed by atoms with E-state index >= 15 is 0 Å². The lowest BCUT2D eigenvalue weighted by Crippen LogP contribution is -2.35. The van der Waals surface area contributed by atoms with Crippen LogP contribution in [0.25, 0.3) is 0 Å². The van der Waals surface area contributed by atoms with Gasteiger partial charge in [0.05, 0.1) is 16.4 Å². The van der Waals surface area contributed by atoms with E-state index in [4.69, 9.17) is 11.6 Å². The quantitative estimate of drug-likeness (QED) is 0.893. The van der Waals surface area contributed by atoms with E-state index < -0.39 is 0 Å².